The average molecular weight is 187 g/mol. The van der Waals surface area contributed by atoms with E-state index in [1.165, 1.54) is 0 Å². The van der Waals surface area contributed by atoms with Crippen LogP contribution in [0.1, 0.15) is 11.3 Å². The molecule has 0 fully saturated rings. The number of aryl methyl sites for hydroxylation is 1. The predicted molar refractivity (Wildman–Crippen MR) is 47.8 cm³/mol. The number of pyridine rings is 1. The number of aromatic nitrogens is 1. The fraction of sp³-hybridized carbons (Fsp3) is 0.375. The van der Waals surface area contributed by atoms with E-state index < -0.39 is 0 Å². The second-order valence-corrected chi connectivity index (χ2v) is 2.95. The molecular weight excluding hydrogens is 176 g/mol. The zero-order chi connectivity index (χ0) is 8.97. The molecule has 66 valence electrons. The van der Waals surface area contributed by atoms with Gasteiger partial charge >= 0.3 is 0 Å². The molecule has 0 amide bonds. The maximum atomic E-state index is 5.75. The van der Waals surface area contributed by atoms with Crippen molar-refractivity contribution in [1.29, 1.82) is 0 Å². The van der Waals surface area contributed by atoms with Gasteiger partial charge in [-0.2, -0.15) is 0 Å². The Morgan fingerprint density at radius 3 is 2.92 bits per heavy atom. The smallest absolute Gasteiger partial charge is 0.129 e. The first-order chi connectivity index (χ1) is 5.72. The van der Waals surface area contributed by atoms with Crippen molar-refractivity contribution >= 4 is 11.6 Å². The van der Waals surface area contributed by atoms with Gasteiger partial charge in [-0.3, -0.25) is 0 Å². The average Bonchev–Trinajstić information content (AvgIpc) is 1.99. The number of rotatable bonds is 3. The summed E-state index contributed by atoms with van der Waals surface area (Å²) in [5.41, 5.74) is 2.01. The van der Waals surface area contributed by atoms with Crippen molar-refractivity contribution in [1.82, 2.24) is 4.98 Å². The lowest BCUT2D eigenvalue weighted by Crippen LogP contribution is -2.04. The molecular formula is C8H11ClN2O. The van der Waals surface area contributed by atoms with Crippen LogP contribution in [0.3, 0.4) is 0 Å². The van der Waals surface area contributed by atoms with Crippen molar-refractivity contribution in [3.63, 3.8) is 0 Å². The Morgan fingerprint density at radius 2 is 2.33 bits per heavy atom. The monoisotopic (exact) mass is 186 g/mol. The molecule has 0 aliphatic rings. The highest BCUT2D eigenvalue weighted by atomic mass is 35.5. The predicted octanol–water partition coefficient (Wildman–Crippen LogP) is 1.48. The highest BCUT2D eigenvalue weighted by Gasteiger charge is 1.97. The van der Waals surface area contributed by atoms with Gasteiger partial charge in [-0.05, 0) is 31.0 Å². The van der Waals surface area contributed by atoms with Crippen LogP contribution < -0.4 is 5.90 Å². The van der Waals surface area contributed by atoms with E-state index in [0.29, 0.717) is 11.8 Å². The highest BCUT2D eigenvalue weighted by Crippen LogP contribution is 2.10. The van der Waals surface area contributed by atoms with Gasteiger partial charge in [0.1, 0.15) is 5.15 Å². The van der Waals surface area contributed by atoms with Gasteiger partial charge in [0.15, 0.2) is 0 Å². The Kier molecular flexibility index (Phi) is 3.47. The lowest BCUT2D eigenvalue weighted by molar-refractivity contribution is 0.141. The molecule has 1 aromatic heterocycles. The van der Waals surface area contributed by atoms with Gasteiger partial charge in [0.05, 0.1) is 6.61 Å². The van der Waals surface area contributed by atoms with E-state index in [9.17, 15) is 0 Å². The minimum absolute atomic E-state index is 0.500. The fourth-order valence-electron chi connectivity index (χ4n) is 1.02. The molecule has 0 aliphatic heterocycles. The molecule has 0 bridgehead atoms. The van der Waals surface area contributed by atoms with E-state index in [2.05, 4.69) is 9.82 Å². The SMILES string of the molecule is Cc1cc(CCON)cc(Cl)n1. The molecule has 1 rings (SSSR count). The summed E-state index contributed by atoms with van der Waals surface area (Å²) in [5, 5.41) is 0.516. The van der Waals surface area contributed by atoms with Gasteiger partial charge in [0, 0.05) is 5.69 Å². The molecule has 0 radical (unpaired) electrons. The molecule has 4 heteroatoms. The van der Waals surface area contributed by atoms with E-state index in [1.54, 1.807) is 0 Å². The van der Waals surface area contributed by atoms with Crippen LogP contribution >= 0.6 is 11.6 Å². The first-order valence-corrected chi connectivity index (χ1v) is 4.05. The molecule has 1 heterocycles. The van der Waals surface area contributed by atoms with Gasteiger partial charge in [-0.15, -0.1) is 0 Å². The number of hydrogen-bond acceptors (Lipinski definition) is 3. The maximum Gasteiger partial charge on any atom is 0.129 e. The lowest BCUT2D eigenvalue weighted by Gasteiger charge is -2.01. The standard InChI is InChI=1S/C8H11ClN2O/c1-6-4-7(2-3-12-10)5-8(9)11-6/h4-5H,2-3,10H2,1H3. The molecule has 0 saturated heterocycles. The van der Waals surface area contributed by atoms with Crippen molar-refractivity contribution in [3.05, 3.63) is 28.5 Å². The second-order valence-electron chi connectivity index (χ2n) is 2.56. The van der Waals surface area contributed by atoms with Crippen molar-refractivity contribution in [3.8, 4) is 0 Å². The lowest BCUT2D eigenvalue weighted by atomic mass is 10.2. The zero-order valence-corrected chi connectivity index (χ0v) is 7.64. The first-order valence-electron chi connectivity index (χ1n) is 3.67. The number of nitrogens with two attached hydrogens (primary N) is 1. The zero-order valence-electron chi connectivity index (χ0n) is 6.88. The van der Waals surface area contributed by atoms with Crippen LogP contribution in [0.4, 0.5) is 0 Å². The third-order valence-electron chi connectivity index (χ3n) is 1.49. The van der Waals surface area contributed by atoms with Crippen molar-refractivity contribution in [2.75, 3.05) is 6.61 Å². The van der Waals surface area contributed by atoms with Gasteiger partial charge in [0.25, 0.3) is 0 Å². The van der Waals surface area contributed by atoms with Crippen LogP contribution in [-0.2, 0) is 11.3 Å². The quantitative estimate of drug-likeness (QED) is 0.575. The summed E-state index contributed by atoms with van der Waals surface area (Å²) in [5.74, 6) is 4.90. The van der Waals surface area contributed by atoms with Crippen molar-refractivity contribution in [2.24, 2.45) is 5.90 Å². The van der Waals surface area contributed by atoms with Crippen LogP contribution in [0.25, 0.3) is 0 Å². The number of halogens is 1. The molecule has 0 aromatic carbocycles. The summed E-state index contributed by atoms with van der Waals surface area (Å²) in [6.45, 7) is 2.40. The molecule has 0 saturated carbocycles. The minimum atomic E-state index is 0.500. The molecule has 2 N–H and O–H groups in total. The molecule has 12 heavy (non-hydrogen) atoms. The topological polar surface area (TPSA) is 48.1 Å². The third-order valence-corrected chi connectivity index (χ3v) is 1.68. The van der Waals surface area contributed by atoms with E-state index in [1.807, 2.05) is 19.1 Å². The van der Waals surface area contributed by atoms with Crippen molar-refractivity contribution < 1.29 is 4.84 Å². The number of nitrogens with zero attached hydrogens (tertiary/aromatic N) is 1. The Hall–Kier alpha value is -0.640. The van der Waals surface area contributed by atoms with Crippen LogP contribution in [0, 0.1) is 6.92 Å². The van der Waals surface area contributed by atoms with Gasteiger partial charge in [0.2, 0.25) is 0 Å². The van der Waals surface area contributed by atoms with Crippen LogP contribution in [0.5, 0.6) is 0 Å². The van der Waals surface area contributed by atoms with Gasteiger partial charge in [-0.1, -0.05) is 11.6 Å². The Balaban J connectivity index is 2.72. The Bertz CT molecular complexity index is 245. The summed E-state index contributed by atoms with van der Waals surface area (Å²) in [6.07, 6.45) is 0.763. The Labute approximate surface area is 76.5 Å². The van der Waals surface area contributed by atoms with Gasteiger partial charge in [-0.25, -0.2) is 10.9 Å². The largest absolute Gasteiger partial charge is 0.304 e. The molecule has 0 spiro atoms. The van der Waals surface area contributed by atoms with E-state index in [-0.39, 0.29) is 0 Å². The van der Waals surface area contributed by atoms with E-state index in [4.69, 9.17) is 17.5 Å². The normalized spacial score (nSPS) is 10.2. The molecule has 0 atom stereocenters. The van der Waals surface area contributed by atoms with Crippen LogP contribution in [0.15, 0.2) is 12.1 Å². The molecule has 3 nitrogen and oxygen atoms in total. The number of hydrogen-bond donors (Lipinski definition) is 1. The van der Waals surface area contributed by atoms with Crippen molar-refractivity contribution in [2.45, 2.75) is 13.3 Å². The summed E-state index contributed by atoms with van der Waals surface area (Å²) in [7, 11) is 0. The maximum absolute atomic E-state index is 5.75. The van der Waals surface area contributed by atoms with Crippen LogP contribution in [0.2, 0.25) is 5.15 Å². The summed E-state index contributed by atoms with van der Waals surface area (Å²) < 4.78 is 0. The van der Waals surface area contributed by atoms with E-state index >= 15 is 0 Å². The Morgan fingerprint density at radius 1 is 1.58 bits per heavy atom. The first kappa shape index (κ1) is 9.45. The molecule has 0 aliphatic carbocycles. The fourth-order valence-corrected chi connectivity index (χ4v) is 1.29. The van der Waals surface area contributed by atoms with Crippen LogP contribution in [-0.4, -0.2) is 11.6 Å². The summed E-state index contributed by atoms with van der Waals surface area (Å²) >= 11 is 5.75. The van der Waals surface area contributed by atoms with Gasteiger partial charge < -0.3 is 4.84 Å². The van der Waals surface area contributed by atoms with E-state index in [0.717, 1.165) is 17.7 Å². The third kappa shape index (κ3) is 2.77. The second kappa shape index (κ2) is 4.40. The minimum Gasteiger partial charge on any atom is -0.304 e. The summed E-state index contributed by atoms with van der Waals surface area (Å²) in [6, 6.07) is 3.78. The molecule has 1 aromatic rings. The molecule has 0 unspecified atom stereocenters. The summed E-state index contributed by atoms with van der Waals surface area (Å²) in [4.78, 5) is 8.50. The highest BCUT2D eigenvalue weighted by molar-refractivity contribution is 6.29.